The van der Waals surface area contributed by atoms with Gasteiger partial charge in [-0.05, 0) is 91.6 Å². The van der Waals surface area contributed by atoms with Gasteiger partial charge >= 0.3 is 11.9 Å². The quantitative estimate of drug-likeness (QED) is 0.0807. The Hall–Kier alpha value is -6.14. The zero-order valence-electron chi connectivity index (χ0n) is 35.7. The number of H-pyrrole nitrogens is 1. The van der Waals surface area contributed by atoms with Crippen LogP contribution in [0.2, 0.25) is 5.15 Å². The number of aromatic nitrogens is 6. The monoisotopic (exact) mass is 843 g/mol. The van der Waals surface area contributed by atoms with E-state index in [1.165, 1.54) is 7.11 Å². The average Bonchev–Trinajstić information content (AvgIpc) is 3.90. The minimum atomic E-state index is -1.41. The van der Waals surface area contributed by atoms with E-state index in [0.717, 1.165) is 51.8 Å². The Bertz CT molecular complexity index is 2400. The predicted octanol–water partition coefficient (Wildman–Crippen LogP) is 9.11. The summed E-state index contributed by atoms with van der Waals surface area (Å²) in [5, 5.41) is 18.5. The third-order valence-corrected chi connectivity index (χ3v) is 10.9. The van der Waals surface area contributed by atoms with Crippen LogP contribution in [0.4, 0.5) is 0 Å². The van der Waals surface area contributed by atoms with Crippen LogP contribution in [-0.4, -0.2) is 66.8 Å². The highest BCUT2D eigenvalue weighted by atomic mass is 35.5. The van der Waals surface area contributed by atoms with Crippen molar-refractivity contribution in [3.8, 4) is 33.6 Å². The van der Waals surface area contributed by atoms with Gasteiger partial charge in [0.05, 0.1) is 19.2 Å². The number of esters is 2. The highest BCUT2D eigenvalue weighted by Gasteiger charge is 2.44. The second kappa shape index (κ2) is 19.9. The molecule has 0 spiro atoms. The van der Waals surface area contributed by atoms with Gasteiger partial charge in [-0.2, -0.15) is 5.21 Å². The zero-order valence-corrected chi connectivity index (χ0v) is 36.5. The van der Waals surface area contributed by atoms with Crippen LogP contribution in [0.15, 0.2) is 103 Å². The Morgan fingerprint density at radius 3 is 2.10 bits per heavy atom. The summed E-state index contributed by atoms with van der Waals surface area (Å²) in [5.41, 5.74) is 5.05. The van der Waals surface area contributed by atoms with Crippen LogP contribution >= 0.6 is 11.6 Å². The maximum atomic E-state index is 14.4. The first-order valence-corrected chi connectivity index (χ1v) is 21.1. The number of benzene rings is 4. The van der Waals surface area contributed by atoms with Crippen molar-refractivity contribution in [3.63, 3.8) is 0 Å². The van der Waals surface area contributed by atoms with Gasteiger partial charge in [-0.1, -0.05) is 122 Å². The summed E-state index contributed by atoms with van der Waals surface area (Å²) in [4.78, 5) is 45.6. The average molecular weight is 844 g/mol. The number of hydrogen-bond donors (Lipinski definition) is 2. The van der Waals surface area contributed by atoms with Gasteiger partial charge in [0.25, 0.3) is 0 Å². The first kappa shape index (κ1) is 44.4. The summed E-state index contributed by atoms with van der Waals surface area (Å²) in [5.74, 6) is -0.239. The number of methoxy groups -OCH3 is 1. The number of carbonyl (C=O) groups is 3. The third-order valence-electron chi connectivity index (χ3n) is 10.6. The minimum absolute atomic E-state index is 0.0923. The number of aromatic amines is 1. The lowest BCUT2D eigenvalue weighted by atomic mass is 9.78. The van der Waals surface area contributed by atoms with Gasteiger partial charge in [-0.3, -0.25) is 14.4 Å². The van der Waals surface area contributed by atoms with Crippen LogP contribution in [0, 0.1) is 0 Å². The van der Waals surface area contributed by atoms with Crippen LogP contribution < -0.4 is 5.32 Å². The van der Waals surface area contributed by atoms with Gasteiger partial charge in [0.2, 0.25) is 11.7 Å². The predicted molar refractivity (Wildman–Crippen MR) is 237 cm³/mol. The molecule has 61 heavy (non-hydrogen) atoms. The Morgan fingerprint density at radius 1 is 0.852 bits per heavy atom. The van der Waals surface area contributed by atoms with E-state index < -0.39 is 29.0 Å². The highest BCUT2D eigenvalue weighted by molar-refractivity contribution is 6.30. The molecule has 2 N–H and O–H groups in total. The number of ether oxygens (including phenoxy) is 2. The second-order valence-electron chi connectivity index (χ2n) is 16.5. The van der Waals surface area contributed by atoms with Crippen LogP contribution in [-0.2, 0) is 48.7 Å². The largest absolute Gasteiger partial charge is 0.468 e. The summed E-state index contributed by atoms with van der Waals surface area (Å²) in [6.45, 7) is 9.52. The van der Waals surface area contributed by atoms with Crippen LogP contribution in [0.3, 0.4) is 0 Å². The minimum Gasteiger partial charge on any atom is -0.468 e. The van der Waals surface area contributed by atoms with E-state index in [1.54, 1.807) is 27.7 Å². The summed E-state index contributed by atoms with van der Waals surface area (Å²) >= 11 is 7.17. The van der Waals surface area contributed by atoms with Gasteiger partial charge in [-0.15, -0.1) is 10.2 Å². The molecule has 0 aliphatic heterocycles. The molecule has 0 saturated carbocycles. The molecule has 0 radical (unpaired) electrons. The maximum absolute atomic E-state index is 14.4. The number of halogens is 1. The van der Waals surface area contributed by atoms with Crippen LogP contribution in [0.1, 0.15) is 89.4 Å². The van der Waals surface area contributed by atoms with Gasteiger partial charge in [0, 0.05) is 31.0 Å². The number of unbranched alkanes of at least 4 members (excludes halogenated alkanes) is 1. The number of imidazole rings is 1. The van der Waals surface area contributed by atoms with Crippen molar-refractivity contribution in [2.75, 3.05) is 7.11 Å². The molecular formula is C48H54ClN7O5. The number of carbonyl (C=O) groups excluding carboxylic acids is 3. The normalized spacial score (nSPS) is 13.0. The summed E-state index contributed by atoms with van der Waals surface area (Å²) in [7, 11) is 1.35. The molecule has 6 aromatic rings. The number of nitrogens with zero attached hydrogens (tertiary/aromatic N) is 5. The van der Waals surface area contributed by atoms with Crippen molar-refractivity contribution in [1.29, 1.82) is 0 Å². The lowest BCUT2D eigenvalue weighted by molar-refractivity contribution is -0.155. The Balaban J connectivity index is 1.40. The lowest BCUT2D eigenvalue weighted by Crippen LogP contribution is -2.46. The van der Waals surface area contributed by atoms with E-state index in [9.17, 15) is 14.4 Å². The van der Waals surface area contributed by atoms with Gasteiger partial charge in [0.1, 0.15) is 16.8 Å². The molecule has 0 aliphatic rings. The highest BCUT2D eigenvalue weighted by Crippen LogP contribution is 2.39. The topological polar surface area (TPSA) is 154 Å². The number of rotatable bonds is 18. The first-order chi connectivity index (χ1) is 29.3. The van der Waals surface area contributed by atoms with E-state index in [0.29, 0.717) is 30.2 Å². The van der Waals surface area contributed by atoms with Crippen molar-refractivity contribution in [1.82, 2.24) is 35.5 Å². The molecule has 2 heterocycles. The summed E-state index contributed by atoms with van der Waals surface area (Å²) in [6, 6.07) is 33.7. The molecule has 1 amide bonds. The fourth-order valence-electron chi connectivity index (χ4n) is 7.69. The van der Waals surface area contributed by atoms with Crippen LogP contribution in [0.5, 0.6) is 0 Å². The van der Waals surface area contributed by atoms with Crippen molar-refractivity contribution >= 4 is 29.4 Å². The molecule has 4 aromatic carbocycles. The van der Waals surface area contributed by atoms with E-state index in [4.69, 9.17) is 26.1 Å². The first-order valence-electron chi connectivity index (χ1n) is 20.7. The fraction of sp³-hybridized carbons (Fsp3) is 0.354. The molecule has 12 nitrogen and oxygen atoms in total. The molecule has 0 aliphatic carbocycles. The van der Waals surface area contributed by atoms with E-state index >= 15 is 0 Å². The molecule has 0 fully saturated rings. The van der Waals surface area contributed by atoms with Crippen molar-refractivity contribution in [2.45, 2.75) is 103 Å². The Kier molecular flexibility index (Phi) is 14.5. The smallest absolute Gasteiger partial charge is 0.317 e. The standard InChI is InChI=1S/C48H54ClN7O5/c1-7-8-19-40-51-44(49)43(56(40)31-37-25-24-36(34-17-13-10-14-18-34)29-39(37)45-52-54-55-53-45)48(5,46(59)60-6)30-38(50-41(57)26-27-42(58)61-47(2,3)4)28-32-20-22-35(23-21-32)33-15-11-9-12-16-33/h9-18,20-25,29,38H,7-8,19,26-28,30-31H2,1-6H3,(H,50,57)(H,52,53,54,55)/t38-,48-/m1/s1. The van der Waals surface area contributed by atoms with Crippen LogP contribution in [0.25, 0.3) is 33.6 Å². The van der Waals surface area contributed by atoms with E-state index in [1.807, 2.05) is 95.6 Å². The number of aryl methyl sites for hydroxylation is 1. The number of hydrogen-bond acceptors (Lipinski definition) is 9. The number of tetrazole rings is 1. The van der Waals surface area contributed by atoms with Crippen molar-refractivity contribution < 1.29 is 23.9 Å². The zero-order chi connectivity index (χ0) is 43.6. The maximum Gasteiger partial charge on any atom is 0.317 e. The summed E-state index contributed by atoms with van der Waals surface area (Å²) in [6.07, 6.45) is 2.63. The Labute approximate surface area is 362 Å². The number of nitrogens with one attached hydrogen (secondary N) is 2. The molecular weight excluding hydrogens is 790 g/mol. The molecule has 0 bridgehead atoms. The van der Waals surface area contributed by atoms with Gasteiger partial charge < -0.3 is 19.4 Å². The van der Waals surface area contributed by atoms with Gasteiger partial charge in [0.15, 0.2) is 5.15 Å². The van der Waals surface area contributed by atoms with Crippen molar-refractivity contribution in [2.24, 2.45) is 0 Å². The molecule has 318 valence electrons. The molecule has 13 heteroatoms. The number of amides is 1. The Morgan fingerprint density at radius 2 is 1.49 bits per heavy atom. The van der Waals surface area contributed by atoms with Crippen molar-refractivity contribution in [3.05, 3.63) is 131 Å². The van der Waals surface area contributed by atoms with E-state index in [-0.39, 0.29) is 36.9 Å². The summed E-state index contributed by atoms with van der Waals surface area (Å²) < 4.78 is 13.0. The molecule has 2 aromatic heterocycles. The van der Waals surface area contributed by atoms with Gasteiger partial charge in [-0.25, -0.2) is 4.98 Å². The fourth-order valence-corrected chi connectivity index (χ4v) is 8.10. The molecule has 2 atom stereocenters. The molecule has 0 unspecified atom stereocenters. The second-order valence-corrected chi connectivity index (χ2v) is 16.8. The third kappa shape index (κ3) is 11.4. The molecule has 6 rings (SSSR count). The SMILES string of the molecule is CCCCc1nc(Cl)c([C@@](C)(C[C@@H](Cc2ccc(-c3ccccc3)cc2)NC(=O)CCC(=O)OC(C)(C)C)C(=O)OC)n1Cc1ccc(-c2ccccc2)cc1-c1nn[nH]n1. The lowest BCUT2D eigenvalue weighted by Gasteiger charge is -2.33. The molecule has 0 saturated heterocycles. The van der Waals surface area contributed by atoms with E-state index in [2.05, 4.69) is 45.0 Å².